The van der Waals surface area contributed by atoms with Gasteiger partial charge in [0.2, 0.25) is 0 Å². The second-order valence-corrected chi connectivity index (χ2v) is 2.63. The quantitative estimate of drug-likeness (QED) is 0.255. The molecule has 0 bridgehead atoms. The molecule has 0 heterocycles. The first-order chi connectivity index (χ1) is 7.60. The summed E-state index contributed by atoms with van der Waals surface area (Å²) in [5.74, 6) is -0.763. The van der Waals surface area contributed by atoms with Crippen LogP contribution in [0.3, 0.4) is 0 Å². The molecule has 0 aliphatic heterocycles. The van der Waals surface area contributed by atoms with E-state index in [0.717, 1.165) is 6.07 Å². The highest BCUT2D eigenvalue weighted by molar-refractivity contribution is 5.98. The summed E-state index contributed by atoms with van der Waals surface area (Å²) in [7, 11) is 1.34. The predicted octanol–water partition coefficient (Wildman–Crippen LogP) is 2.05. The number of ether oxygens (including phenoxy) is 1. The van der Waals surface area contributed by atoms with E-state index in [-0.39, 0.29) is 11.3 Å². The van der Waals surface area contributed by atoms with E-state index in [2.05, 4.69) is 10.0 Å². The topological polar surface area (TPSA) is 118 Å². The van der Waals surface area contributed by atoms with E-state index in [4.69, 9.17) is 10.3 Å². The monoisotopic (exact) mass is 222 g/mol. The Labute approximate surface area is 89.2 Å². The number of nitro groups is 1. The molecular weight excluding hydrogens is 216 g/mol. The minimum absolute atomic E-state index is 0.240. The minimum atomic E-state index is -1.00. The molecule has 0 radical (unpaired) electrons. The van der Waals surface area contributed by atoms with E-state index in [1.807, 2.05) is 0 Å². The van der Waals surface area contributed by atoms with Gasteiger partial charge in [0.15, 0.2) is 0 Å². The zero-order valence-corrected chi connectivity index (χ0v) is 8.15. The summed E-state index contributed by atoms with van der Waals surface area (Å²) in [5, 5.41) is 13.5. The smallest absolute Gasteiger partial charge is 0.284 e. The molecule has 1 amide bonds. The highest BCUT2D eigenvalue weighted by atomic mass is 16.6. The highest BCUT2D eigenvalue weighted by Crippen LogP contribution is 2.25. The number of hydrogen-bond donors (Lipinski definition) is 0. The zero-order valence-electron chi connectivity index (χ0n) is 8.15. The third-order valence-corrected chi connectivity index (χ3v) is 1.77. The number of hydrogen-bond acceptors (Lipinski definition) is 4. The molecule has 0 N–H and O–H groups in total. The Morgan fingerprint density at radius 2 is 2.31 bits per heavy atom. The maximum absolute atomic E-state index is 11.2. The van der Waals surface area contributed by atoms with Gasteiger partial charge in [0.25, 0.3) is 11.6 Å². The summed E-state index contributed by atoms with van der Waals surface area (Å²) in [5.41, 5.74) is 7.34. The zero-order chi connectivity index (χ0) is 12.1. The van der Waals surface area contributed by atoms with Crippen LogP contribution < -0.4 is 4.74 Å². The second kappa shape index (κ2) is 4.76. The van der Waals surface area contributed by atoms with Gasteiger partial charge in [-0.1, -0.05) is 0 Å². The van der Waals surface area contributed by atoms with E-state index < -0.39 is 16.5 Å². The molecule has 0 aromatic heterocycles. The van der Waals surface area contributed by atoms with Crippen LogP contribution in [0.15, 0.2) is 23.3 Å². The van der Waals surface area contributed by atoms with Gasteiger partial charge in [-0.05, 0) is 22.8 Å². The SMILES string of the molecule is COc1ccc(C(=O)N=[N+]=[N-])c([N+](=O)[O-])c1. The van der Waals surface area contributed by atoms with Crippen molar-refractivity contribution in [3.05, 3.63) is 44.3 Å². The first-order valence-electron chi connectivity index (χ1n) is 4.02. The fourth-order valence-electron chi connectivity index (χ4n) is 1.06. The number of nitrogens with zero attached hydrogens (tertiary/aromatic N) is 4. The summed E-state index contributed by atoms with van der Waals surface area (Å²) >= 11 is 0. The maximum atomic E-state index is 11.2. The fourth-order valence-corrected chi connectivity index (χ4v) is 1.06. The Morgan fingerprint density at radius 3 is 2.81 bits per heavy atom. The number of nitro benzene ring substituents is 1. The van der Waals surface area contributed by atoms with Crippen LogP contribution in [0.4, 0.5) is 5.69 Å². The van der Waals surface area contributed by atoms with Crippen molar-refractivity contribution in [2.24, 2.45) is 5.11 Å². The third-order valence-electron chi connectivity index (χ3n) is 1.77. The van der Waals surface area contributed by atoms with Gasteiger partial charge in [-0.2, -0.15) is 0 Å². The number of azide groups is 1. The van der Waals surface area contributed by atoms with Crippen molar-refractivity contribution in [3.8, 4) is 5.75 Å². The van der Waals surface area contributed by atoms with Gasteiger partial charge in [0, 0.05) is 4.91 Å². The van der Waals surface area contributed by atoms with E-state index in [9.17, 15) is 14.9 Å². The molecule has 1 rings (SSSR count). The Balaban J connectivity index is 3.33. The van der Waals surface area contributed by atoms with Gasteiger partial charge >= 0.3 is 0 Å². The molecule has 0 saturated carbocycles. The van der Waals surface area contributed by atoms with Crippen molar-refractivity contribution in [2.75, 3.05) is 7.11 Å². The molecule has 0 unspecified atom stereocenters. The predicted molar refractivity (Wildman–Crippen MR) is 53.1 cm³/mol. The molecule has 82 valence electrons. The average molecular weight is 222 g/mol. The number of carbonyl (C=O) groups is 1. The van der Waals surface area contributed by atoms with Crippen molar-refractivity contribution < 1.29 is 14.5 Å². The fraction of sp³-hybridized carbons (Fsp3) is 0.125. The van der Waals surface area contributed by atoms with Gasteiger partial charge in [-0.3, -0.25) is 14.9 Å². The molecule has 0 atom stereocenters. The molecule has 0 aliphatic carbocycles. The molecule has 0 aliphatic rings. The van der Waals surface area contributed by atoms with Crippen LogP contribution in [0.5, 0.6) is 5.75 Å². The Morgan fingerprint density at radius 1 is 1.62 bits per heavy atom. The molecule has 1 aromatic rings. The lowest BCUT2D eigenvalue weighted by molar-refractivity contribution is -0.385. The summed E-state index contributed by atoms with van der Waals surface area (Å²) in [6.45, 7) is 0. The van der Waals surface area contributed by atoms with Gasteiger partial charge in [0.05, 0.1) is 18.1 Å². The van der Waals surface area contributed by atoms with Crippen molar-refractivity contribution in [1.29, 1.82) is 0 Å². The molecular formula is C8H6N4O4. The normalized spacial score (nSPS) is 9.06. The largest absolute Gasteiger partial charge is 0.497 e. The Hall–Kier alpha value is -2.60. The van der Waals surface area contributed by atoms with Crippen molar-refractivity contribution in [1.82, 2.24) is 0 Å². The molecule has 0 fully saturated rings. The van der Waals surface area contributed by atoms with Crippen LogP contribution in [0, 0.1) is 10.1 Å². The van der Waals surface area contributed by atoms with Crippen LogP contribution in [0.2, 0.25) is 0 Å². The molecule has 8 nitrogen and oxygen atoms in total. The van der Waals surface area contributed by atoms with Crippen LogP contribution in [-0.4, -0.2) is 17.9 Å². The van der Waals surface area contributed by atoms with Crippen LogP contribution in [-0.2, 0) is 0 Å². The molecule has 0 spiro atoms. The summed E-state index contributed by atoms with van der Waals surface area (Å²) in [4.78, 5) is 23.4. The number of carbonyl (C=O) groups excluding carboxylic acids is 1. The standard InChI is InChI=1S/C8H6N4O4/c1-16-5-2-3-6(8(13)10-11-9)7(4-5)12(14)15/h2-4H,1H3. The Bertz CT molecular complexity index is 493. The second-order valence-electron chi connectivity index (χ2n) is 2.63. The minimum Gasteiger partial charge on any atom is -0.497 e. The number of rotatable bonds is 3. The van der Waals surface area contributed by atoms with Crippen molar-refractivity contribution >= 4 is 11.6 Å². The molecule has 8 heteroatoms. The van der Waals surface area contributed by atoms with Crippen LogP contribution in [0.25, 0.3) is 10.4 Å². The lowest BCUT2D eigenvalue weighted by atomic mass is 10.1. The summed E-state index contributed by atoms with van der Waals surface area (Å²) in [6.07, 6.45) is 0. The lowest BCUT2D eigenvalue weighted by Crippen LogP contribution is -2.01. The molecule has 0 saturated heterocycles. The molecule has 1 aromatic carbocycles. The van der Waals surface area contributed by atoms with Gasteiger partial charge < -0.3 is 4.74 Å². The van der Waals surface area contributed by atoms with E-state index >= 15 is 0 Å². The first-order valence-corrected chi connectivity index (χ1v) is 4.02. The van der Waals surface area contributed by atoms with Crippen LogP contribution >= 0.6 is 0 Å². The summed E-state index contributed by atoms with van der Waals surface area (Å²) < 4.78 is 4.78. The van der Waals surface area contributed by atoms with Gasteiger partial charge in [-0.15, -0.1) is 0 Å². The van der Waals surface area contributed by atoms with Gasteiger partial charge in [0.1, 0.15) is 11.3 Å². The van der Waals surface area contributed by atoms with Crippen LogP contribution in [0.1, 0.15) is 10.4 Å². The third kappa shape index (κ3) is 2.25. The molecule has 16 heavy (non-hydrogen) atoms. The van der Waals surface area contributed by atoms with Gasteiger partial charge in [-0.25, -0.2) is 0 Å². The van der Waals surface area contributed by atoms with Crippen molar-refractivity contribution in [3.63, 3.8) is 0 Å². The summed E-state index contributed by atoms with van der Waals surface area (Å²) in [6, 6.07) is 3.63. The Kier molecular flexibility index (Phi) is 3.41. The average Bonchev–Trinajstić information content (AvgIpc) is 2.28. The number of methoxy groups -OCH3 is 1. The highest BCUT2D eigenvalue weighted by Gasteiger charge is 2.19. The van der Waals surface area contributed by atoms with Crippen molar-refractivity contribution in [2.45, 2.75) is 0 Å². The maximum Gasteiger partial charge on any atom is 0.284 e. The number of benzene rings is 1. The first kappa shape index (κ1) is 11.5. The van der Waals surface area contributed by atoms with E-state index in [0.29, 0.717) is 0 Å². The number of amides is 1. The van der Waals surface area contributed by atoms with E-state index in [1.165, 1.54) is 19.2 Å². The van der Waals surface area contributed by atoms with E-state index in [1.54, 1.807) is 0 Å². The lowest BCUT2D eigenvalue weighted by Gasteiger charge is -2.01.